The summed E-state index contributed by atoms with van der Waals surface area (Å²) in [6, 6.07) is 6.94. The molecular weight excluding hydrogens is 246 g/mol. The standard InChI is InChI=1S/C14H15NO4/c1-3-8-15-10-7-5-4-6-9(10)12(16)11(13(15)17)14(18)19-2/h4-7,16H,3,8H2,1-2H3. The molecule has 2 aromatic rings. The van der Waals surface area contributed by atoms with E-state index in [0.29, 0.717) is 17.4 Å². The Kier molecular flexibility index (Phi) is 3.55. The highest BCUT2D eigenvalue weighted by Crippen LogP contribution is 2.26. The molecule has 1 heterocycles. The third-order valence-electron chi connectivity index (χ3n) is 2.98. The van der Waals surface area contributed by atoms with E-state index in [0.717, 1.165) is 6.42 Å². The number of ether oxygens (including phenoxy) is 1. The number of carbonyl (C=O) groups excluding carboxylic acids is 1. The Morgan fingerprint density at radius 2 is 2.05 bits per heavy atom. The molecule has 0 saturated heterocycles. The van der Waals surface area contributed by atoms with Crippen molar-refractivity contribution in [1.29, 1.82) is 0 Å². The smallest absolute Gasteiger partial charge is 0.347 e. The maximum Gasteiger partial charge on any atom is 0.347 e. The van der Waals surface area contributed by atoms with Crippen LogP contribution in [0, 0.1) is 0 Å². The number of hydrogen-bond donors (Lipinski definition) is 1. The van der Waals surface area contributed by atoms with E-state index in [1.54, 1.807) is 24.3 Å². The van der Waals surface area contributed by atoms with E-state index in [4.69, 9.17) is 0 Å². The summed E-state index contributed by atoms with van der Waals surface area (Å²) in [7, 11) is 1.18. The molecule has 19 heavy (non-hydrogen) atoms. The molecule has 100 valence electrons. The molecule has 0 bridgehead atoms. The molecule has 1 N–H and O–H groups in total. The average molecular weight is 261 g/mol. The Morgan fingerprint density at radius 3 is 2.68 bits per heavy atom. The van der Waals surface area contributed by atoms with Crippen molar-refractivity contribution in [3.63, 3.8) is 0 Å². The normalized spacial score (nSPS) is 10.6. The van der Waals surface area contributed by atoms with Gasteiger partial charge in [-0.25, -0.2) is 4.79 Å². The van der Waals surface area contributed by atoms with Gasteiger partial charge >= 0.3 is 5.97 Å². The molecule has 1 aromatic carbocycles. The van der Waals surface area contributed by atoms with Crippen LogP contribution in [0.4, 0.5) is 0 Å². The molecule has 5 heteroatoms. The van der Waals surface area contributed by atoms with Crippen LogP contribution in [-0.2, 0) is 11.3 Å². The van der Waals surface area contributed by atoms with E-state index in [9.17, 15) is 14.7 Å². The van der Waals surface area contributed by atoms with E-state index in [1.165, 1.54) is 11.7 Å². The van der Waals surface area contributed by atoms with E-state index < -0.39 is 11.5 Å². The number of para-hydroxylation sites is 1. The topological polar surface area (TPSA) is 68.5 Å². The predicted octanol–water partition coefficient (Wildman–Crippen LogP) is 1.90. The maximum atomic E-state index is 12.3. The van der Waals surface area contributed by atoms with Crippen LogP contribution in [0.25, 0.3) is 10.9 Å². The molecule has 0 spiro atoms. The number of rotatable bonds is 3. The summed E-state index contributed by atoms with van der Waals surface area (Å²) in [6.07, 6.45) is 0.745. The van der Waals surface area contributed by atoms with Crippen LogP contribution < -0.4 is 5.56 Å². The lowest BCUT2D eigenvalue weighted by Crippen LogP contribution is -2.27. The van der Waals surface area contributed by atoms with Gasteiger partial charge in [-0.1, -0.05) is 19.1 Å². The Balaban J connectivity index is 2.91. The highest BCUT2D eigenvalue weighted by Gasteiger charge is 2.22. The molecule has 0 aliphatic heterocycles. The first-order valence-electron chi connectivity index (χ1n) is 6.04. The van der Waals surface area contributed by atoms with Gasteiger partial charge in [0.05, 0.1) is 12.6 Å². The van der Waals surface area contributed by atoms with Gasteiger partial charge in [0.1, 0.15) is 5.75 Å². The van der Waals surface area contributed by atoms with Crippen molar-refractivity contribution < 1.29 is 14.6 Å². The predicted molar refractivity (Wildman–Crippen MR) is 71.5 cm³/mol. The van der Waals surface area contributed by atoms with E-state index in [-0.39, 0.29) is 11.3 Å². The third-order valence-corrected chi connectivity index (χ3v) is 2.98. The van der Waals surface area contributed by atoms with Gasteiger partial charge in [0.15, 0.2) is 5.56 Å². The van der Waals surface area contributed by atoms with Crippen LogP contribution in [-0.4, -0.2) is 22.8 Å². The zero-order valence-electron chi connectivity index (χ0n) is 10.8. The van der Waals surface area contributed by atoms with Gasteiger partial charge in [0.2, 0.25) is 0 Å². The molecule has 0 amide bonds. The second-order valence-electron chi connectivity index (χ2n) is 4.19. The second-order valence-corrected chi connectivity index (χ2v) is 4.19. The van der Waals surface area contributed by atoms with Crippen LogP contribution in [0.3, 0.4) is 0 Å². The first kappa shape index (κ1) is 13.1. The molecule has 1 aromatic heterocycles. The van der Waals surface area contributed by atoms with Gasteiger partial charge < -0.3 is 14.4 Å². The number of carbonyl (C=O) groups is 1. The first-order chi connectivity index (χ1) is 9.11. The molecule has 0 aliphatic carbocycles. The lowest BCUT2D eigenvalue weighted by atomic mass is 10.1. The van der Waals surface area contributed by atoms with Crippen molar-refractivity contribution in [3.8, 4) is 5.75 Å². The van der Waals surface area contributed by atoms with Crippen LogP contribution in [0.1, 0.15) is 23.7 Å². The van der Waals surface area contributed by atoms with Crippen molar-refractivity contribution in [2.45, 2.75) is 19.9 Å². The van der Waals surface area contributed by atoms with Gasteiger partial charge in [0, 0.05) is 11.9 Å². The fourth-order valence-electron chi connectivity index (χ4n) is 2.12. The van der Waals surface area contributed by atoms with Crippen molar-refractivity contribution in [1.82, 2.24) is 4.57 Å². The molecule has 0 aliphatic rings. The molecule has 0 saturated carbocycles. The van der Waals surface area contributed by atoms with E-state index in [1.807, 2.05) is 6.92 Å². The number of aryl methyl sites for hydroxylation is 1. The molecule has 2 rings (SSSR count). The molecule has 0 fully saturated rings. The average Bonchev–Trinajstić information content (AvgIpc) is 2.43. The van der Waals surface area contributed by atoms with Crippen LogP contribution in [0.5, 0.6) is 5.75 Å². The monoisotopic (exact) mass is 261 g/mol. The number of fused-ring (bicyclic) bond motifs is 1. The molecule has 0 unspecified atom stereocenters. The Hall–Kier alpha value is -2.30. The molecule has 0 atom stereocenters. The Labute approximate surface area is 110 Å². The minimum Gasteiger partial charge on any atom is -0.506 e. The summed E-state index contributed by atoms with van der Waals surface area (Å²) in [4.78, 5) is 24.0. The largest absolute Gasteiger partial charge is 0.506 e. The third kappa shape index (κ3) is 2.07. The molecule has 5 nitrogen and oxygen atoms in total. The van der Waals surface area contributed by atoms with Crippen LogP contribution >= 0.6 is 0 Å². The van der Waals surface area contributed by atoms with Gasteiger partial charge in [0.25, 0.3) is 5.56 Å². The van der Waals surface area contributed by atoms with E-state index >= 15 is 0 Å². The van der Waals surface area contributed by atoms with Gasteiger partial charge in [-0.15, -0.1) is 0 Å². The Bertz CT molecular complexity index is 688. The first-order valence-corrected chi connectivity index (χ1v) is 6.04. The zero-order chi connectivity index (χ0) is 14.0. The van der Waals surface area contributed by atoms with Gasteiger partial charge in [-0.2, -0.15) is 0 Å². The fourth-order valence-corrected chi connectivity index (χ4v) is 2.12. The highest BCUT2D eigenvalue weighted by molar-refractivity contribution is 5.99. The van der Waals surface area contributed by atoms with Crippen molar-refractivity contribution >= 4 is 16.9 Å². The number of aromatic hydroxyl groups is 1. The van der Waals surface area contributed by atoms with Gasteiger partial charge in [-0.05, 0) is 18.6 Å². The summed E-state index contributed by atoms with van der Waals surface area (Å²) in [5.41, 5.74) is -0.223. The SMILES string of the molecule is CCCn1c(=O)c(C(=O)OC)c(O)c2ccccc21. The summed E-state index contributed by atoms with van der Waals surface area (Å²) in [6.45, 7) is 2.41. The van der Waals surface area contributed by atoms with Crippen molar-refractivity contribution in [3.05, 3.63) is 40.2 Å². The minimum absolute atomic E-state index is 0.311. The van der Waals surface area contributed by atoms with Gasteiger partial charge in [-0.3, -0.25) is 4.79 Å². The highest BCUT2D eigenvalue weighted by atomic mass is 16.5. The number of methoxy groups -OCH3 is 1. The maximum absolute atomic E-state index is 12.3. The van der Waals surface area contributed by atoms with Crippen LogP contribution in [0.2, 0.25) is 0 Å². The van der Waals surface area contributed by atoms with Crippen molar-refractivity contribution in [2.24, 2.45) is 0 Å². The summed E-state index contributed by atoms with van der Waals surface area (Å²) >= 11 is 0. The van der Waals surface area contributed by atoms with Crippen molar-refractivity contribution in [2.75, 3.05) is 7.11 Å². The number of aromatic nitrogens is 1. The molecule has 0 radical (unpaired) electrons. The summed E-state index contributed by atoms with van der Waals surface area (Å²) in [5.74, 6) is -1.14. The molecular formula is C14H15NO4. The minimum atomic E-state index is -0.821. The number of benzene rings is 1. The quantitative estimate of drug-likeness (QED) is 0.857. The van der Waals surface area contributed by atoms with E-state index in [2.05, 4.69) is 4.74 Å². The second kappa shape index (κ2) is 5.14. The number of hydrogen-bond acceptors (Lipinski definition) is 4. The number of esters is 1. The lowest BCUT2D eigenvalue weighted by molar-refractivity contribution is 0.0595. The Morgan fingerprint density at radius 1 is 1.37 bits per heavy atom. The van der Waals surface area contributed by atoms with Crippen LogP contribution in [0.15, 0.2) is 29.1 Å². The summed E-state index contributed by atoms with van der Waals surface area (Å²) in [5, 5.41) is 10.6. The number of pyridine rings is 1. The lowest BCUT2D eigenvalue weighted by Gasteiger charge is -2.13. The number of nitrogens with zero attached hydrogens (tertiary/aromatic N) is 1. The zero-order valence-corrected chi connectivity index (χ0v) is 10.8. The summed E-state index contributed by atoms with van der Waals surface area (Å²) < 4.78 is 6.06. The fraction of sp³-hybridized carbons (Fsp3) is 0.286.